The summed E-state index contributed by atoms with van der Waals surface area (Å²) >= 11 is 0. The van der Waals surface area contributed by atoms with Crippen molar-refractivity contribution in [3.05, 3.63) is 48.0 Å². The molecule has 0 spiro atoms. The van der Waals surface area contributed by atoms with Gasteiger partial charge in [0.25, 0.3) is 0 Å². The van der Waals surface area contributed by atoms with Crippen LogP contribution in [0.3, 0.4) is 0 Å². The molecule has 0 fully saturated rings. The van der Waals surface area contributed by atoms with Gasteiger partial charge in [-0.3, -0.25) is 4.79 Å². The normalized spacial score (nSPS) is 10.1. The lowest BCUT2D eigenvalue weighted by Gasteiger charge is -2.10. The summed E-state index contributed by atoms with van der Waals surface area (Å²) in [6, 6.07) is 11.8. The van der Waals surface area contributed by atoms with Crippen molar-refractivity contribution < 1.29 is 14.3 Å². The van der Waals surface area contributed by atoms with Crippen LogP contribution in [0.4, 0.5) is 5.69 Å². The summed E-state index contributed by atoms with van der Waals surface area (Å²) in [5.41, 5.74) is 12.0. The number of primary amides is 1. The Bertz CT molecular complexity index is 624. The van der Waals surface area contributed by atoms with Gasteiger partial charge in [-0.1, -0.05) is 6.92 Å². The molecule has 0 aliphatic heterocycles. The van der Waals surface area contributed by atoms with Crippen LogP contribution in [-0.2, 0) is 0 Å². The Morgan fingerprint density at radius 1 is 1.05 bits per heavy atom. The van der Waals surface area contributed by atoms with Gasteiger partial charge in [0.1, 0.15) is 17.2 Å². The summed E-state index contributed by atoms with van der Waals surface area (Å²) in [5.74, 6) is 1.36. The van der Waals surface area contributed by atoms with E-state index in [1.807, 2.05) is 6.92 Å². The second kappa shape index (κ2) is 6.65. The minimum Gasteiger partial charge on any atom is -0.493 e. The first-order valence-electron chi connectivity index (χ1n) is 6.69. The van der Waals surface area contributed by atoms with Crippen LogP contribution in [0.15, 0.2) is 42.5 Å². The van der Waals surface area contributed by atoms with Crippen molar-refractivity contribution in [1.29, 1.82) is 0 Å². The van der Waals surface area contributed by atoms with Crippen LogP contribution in [0.1, 0.15) is 23.7 Å². The van der Waals surface area contributed by atoms with Gasteiger partial charge in [-0.15, -0.1) is 0 Å². The SMILES string of the molecule is CCCOc1cc(N)cc(Oc2ccc(C(N)=O)cc2)c1. The summed E-state index contributed by atoms with van der Waals surface area (Å²) in [7, 11) is 0. The lowest BCUT2D eigenvalue weighted by atomic mass is 10.2. The number of benzene rings is 2. The number of hydrogen-bond acceptors (Lipinski definition) is 4. The van der Waals surface area contributed by atoms with Gasteiger partial charge in [-0.05, 0) is 30.7 Å². The topological polar surface area (TPSA) is 87.6 Å². The van der Waals surface area contributed by atoms with E-state index in [2.05, 4.69) is 0 Å². The lowest BCUT2D eigenvalue weighted by molar-refractivity contribution is 0.100. The Balaban J connectivity index is 2.14. The van der Waals surface area contributed by atoms with Crippen LogP contribution < -0.4 is 20.9 Å². The summed E-state index contributed by atoms with van der Waals surface area (Å²) < 4.78 is 11.2. The van der Waals surface area contributed by atoms with Crippen LogP contribution >= 0.6 is 0 Å². The summed E-state index contributed by atoms with van der Waals surface area (Å²) in [4.78, 5) is 11.0. The van der Waals surface area contributed by atoms with E-state index in [1.54, 1.807) is 42.5 Å². The van der Waals surface area contributed by atoms with Crippen molar-refractivity contribution in [3.63, 3.8) is 0 Å². The van der Waals surface area contributed by atoms with E-state index in [9.17, 15) is 4.79 Å². The number of carbonyl (C=O) groups is 1. The maximum absolute atomic E-state index is 11.0. The monoisotopic (exact) mass is 286 g/mol. The molecular weight excluding hydrogens is 268 g/mol. The minimum atomic E-state index is -0.472. The fourth-order valence-electron chi connectivity index (χ4n) is 1.78. The first kappa shape index (κ1) is 14.7. The number of carbonyl (C=O) groups excluding carboxylic acids is 1. The number of amides is 1. The highest BCUT2D eigenvalue weighted by atomic mass is 16.5. The molecule has 1 amide bonds. The lowest BCUT2D eigenvalue weighted by Crippen LogP contribution is -2.10. The maximum Gasteiger partial charge on any atom is 0.248 e. The zero-order valence-electron chi connectivity index (χ0n) is 11.8. The molecule has 0 atom stereocenters. The zero-order chi connectivity index (χ0) is 15.2. The molecule has 0 heterocycles. The molecule has 110 valence electrons. The summed E-state index contributed by atoms with van der Waals surface area (Å²) in [6.07, 6.45) is 0.916. The van der Waals surface area contributed by atoms with E-state index in [4.69, 9.17) is 20.9 Å². The van der Waals surface area contributed by atoms with Gasteiger partial charge in [0.15, 0.2) is 0 Å². The fraction of sp³-hybridized carbons (Fsp3) is 0.188. The largest absolute Gasteiger partial charge is 0.493 e. The second-order valence-electron chi connectivity index (χ2n) is 4.58. The van der Waals surface area contributed by atoms with Gasteiger partial charge in [0.2, 0.25) is 5.91 Å². The number of nitrogens with two attached hydrogens (primary N) is 2. The minimum absolute atomic E-state index is 0.432. The number of hydrogen-bond donors (Lipinski definition) is 2. The Labute approximate surface area is 123 Å². The van der Waals surface area contributed by atoms with E-state index in [0.717, 1.165) is 6.42 Å². The van der Waals surface area contributed by atoms with Crippen molar-refractivity contribution in [2.45, 2.75) is 13.3 Å². The quantitative estimate of drug-likeness (QED) is 0.799. The molecule has 0 unspecified atom stereocenters. The molecule has 21 heavy (non-hydrogen) atoms. The van der Waals surface area contributed by atoms with Gasteiger partial charge >= 0.3 is 0 Å². The summed E-state index contributed by atoms with van der Waals surface area (Å²) in [6.45, 7) is 2.65. The maximum atomic E-state index is 11.0. The Hall–Kier alpha value is -2.69. The number of nitrogen functional groups attached to an aromatic ring is 1. The molecule has 4 N–H and O–H groups in total. The van der Waals surface area contributed by atoms with E-state index >= 15 is 0 Å². The van der Waals surface area contributed by atoms with Gasteiger partial charge in [0.05, 0.1) is 6.61 Å². The summed E-state index contributed by atoms with van der Waals surface area (Å²) in [5, 5.41) is 0. The van der Waals surface area contributed by atoms with Gasteiger partial charge in [0, 0.05) is 29.4 Å². The van der Waals surface area contributed by atoms with Crippen molar-refractivity contribution in [3.8, 4) is 17.2 Å². The molecule has 2 aromatic rings. The molecule has 0 aliphatic rings. The van der Waals surface area contributed by atoms with Crippen LogP contribution in [0.2, 0.25) is 0 Å². The van der Waals surface area contributed by atoms with Crippen molar-refractivity contribution in [2.24, 2.45) is 5.73 Å². The van der Waals surface area contributed by atoms with Crippen molar-refractivity contribution in [1.82, 2.24) is 0 Å². The molecule has 0 aliphatic carbocycles. The van der Waals surface area contributed by atoms with Crippen molar-refractivity contribution >= 4 is 11.6 Å². The average Bonchev–Trinajstić information content (AvgIpc) is 2.45. The molecule has 0 radical (unpaired) electrons. The molecule has 5 nitrogen and oxygen atoms in total. The third-order valence-electron chi connectivity index (χ3n) is 2.75. The molecule has 0 bridgehead atoms. The first-order valence-corrected chi connectivity index (χ1v) is 6.69. The van der Waals surface area contributed by atoms with Crippen LogP contribution in [0.5, 0.6) is 17.2 Å². The molecule has 0 saturated carbocycles. The van der Waals surface area contributed by atoms with E-state index in [-0.39, 0.29) is 0 Å². The molecule has 2 aromatic carbocycles. The third kappa shape index (κ3) is 4.14. The molecule has 0 aromatic heterocycles. The molecule has 5 heteroatoms. The van der Waals surface area contributed by atoms with Gasteiger partial charge in [-0.25, -0.2) is 0 Å². The second-order valence-corrected chi connectivity index (χ2v) is 4.58. The number of ether oxygens (including phenoxy) is 2. The third-order valence-corrected chi connectivity index (χ3v) is 2.75. The standard InChI is InChI=1S/C16H18N2O3/c1-2-7-20-14-8-12(17)9-15(10-14)21-13-5-3-11(4-6-13)16(18)19/h3-6,8-10H,2,7,17H2,1H3,(H2,18,19). The Morgan fingerprint density at radius 2 is 1.71 bits per heavy atom. The first-order chi connectivity index (χ1) is 10.1. The molecule has 0 saturated heterocycles. The molecular formula is C16H18N2O3. The highest BCUT2D eigenvalue weighted by molar-refractivity contribution is 5.92. The van der Waals surface area contributed by atoms with E-state index in [1.165, 1.54) is 0 Å². The van der Waals surface area contributed by atoms with E-state index in [0.29, 0.717) is 35.1 Å². The van der Waals surface area contributed by atoms with E-state index < -0.39 is 5.91 Å². The smallest absolute Gasteiger partial charge is 0.248 e. The Kier molecular flexibility index (Phi) is 4.66. The Morgan fingerprint density at radius 3 is 2.33 bits per heavy atom. The van der Waals surface area contributed by atoms with Crippen LogP contribution in [-0.4, -0.2) is 12.5 Å². The van der Waals surface area contributed by atoms with Crippen LogP contribution in [0, 0.1) is 0 Å². The molecule has 2 rings (SSSR count). The van der Waals surface area contributed by atoms with Gasteiger partial charge < -0.3 is 20.9 Å². The van der Waals surface area contributed by atoms with Crippen LogP contribution in [0.25, 0.3) is 0 Å². The predicted octanol–water partition coefficient (Wildman–Crippen LogP) is 2.95. The van der Waals surface area contributed by atoms with Crippen molar-refractivity contribution in [2.75, 3.05) is 12.3 Å². The number of anilines is 1. The zero-order valence-corrected chi connectivity index (χ0v) is 11.8. The fourth-order valence-corrected chi connectivity index (χ4v) is 1.78. The highest BCUT2D eigenvalue weighted by Crippen LogP contribution is 2.28. The number of rotatable bonds is 6. The highest BCUT2D eigenvalue weighted by Gasteiger charge is 2.04. The predicted molar refractivity (Wildman–Crippen MR) is 81.7 cm³/mol. The van der Waals surface area contributed by atoms with Gasteiger partial charge in [-0.2, -0.15) is 0 Å². The average molecular weight is 286 g/mol.